The first-order valence-electron chi connectivity index (χ1n) is 15.2. The van der Waals surface area contributed by atoms with E-state index in [1.807, 2.05) is 0 Å². The predicted molar refractivity (Wildman–Crippen MR) is 184 cm³/mol. The third kappa shape index (κ3) is 11.2. The molecule has 0 aromatic heterocycles. The maximum absolute atomic E-state index is 13.3. The Kier molecular flexibility index (Phi) is 13.1. The summed E-state index contributed by atoms with van der Waals surface area (Å²) >= 11 is 17.9. The summed E-state index contributed by atoms with van der Waals surface area (Å²) in [7, 11) is 0. The Labute approximate surface area is 296 Å². The Hall–Kier alpha value is -3.66. The summed E-state index contributed by atoms with van der Waals surface area (Å²) in [4.78, 5) is 39.9. The molecule has 0 saturated carbocycles. The van der Waals surface area contributed by atoms with Gasteiger partial charge in [-0.05, 0) is 121 Å². The van der Waals surface area contributed by atoms with Crippen molar-refractivity contribution < 1.29 is 42.8 Å². The van der Waals surface area contributed by atoms with Crippen molar-refractivity contribution in [3.8, 4) is 17.2 Å². The molecular formula is C36H41Cl3O9. The fraction of sp³-hybridized carbons (Fsp3) is 0.417. The smallest absolute Gasteiger partial charge is 0.349 e. The van der Waals surface area contributed by atoms with Crippen molar-refractivity contribution in [2.24, 2.45) is 5.41 Å². The Bertz CT molecular complexity index is 1350. The topological polar surface area (TPSA) is 107 Å². The monoisotopic (exact) mass is 722 g/mol. The van der Waals surface area contributed by atoms with Gasteiger partial charge in [-0.25, -0.2) is 14.4 Å². The number of rotatable bonds is 16. The molecule has 0 bridgehead atoms. The maximum Gasteiger partial charge on any atom is 0.349 e. The number of benzene rings is 3. The van der Waals surface area contributed by atoms with Gasteiger partial charge in [0.05, 0.1) is 5.41 Å². The number of carbonyl (C=O) groups is 3. The molecule has 0 fully saturated rings. The second-order valence-electron chi connectivity index (χ2n) is 12.8. The highest BCUT2D eigenvalue weighted by Gasteiger charge is 2.42. The molecule has 260 valence electrons. The number of ether oxygens (including phenoxy) is 6. The van der Waals surface area contributed by atoms with Crippen LogP contribution >= 0.6 is 34.8 Å². The molecule has 0 spiro atoms. The van der Waals surface area contributed by atoms with Gasteiger partial charge in [-0.2, -0.15) is 0 Å². The van der Waals surface area contributed by atoms with Crippen molar-refractivity contribution in [2.75, 3.05) is 19.8 Å². The van der Waals surface area contributed by atoms with E-state index < -0.39 is 40.1 Å². The van der Waals surface area contributed by atoms with E-state index in [4.69, 9.17) is 63.2 Å². The van der Waals surface area contributed by atoms with Gasteiger partial charge in [0.25, 0.3) is 0 Å². The molecule has 3 rings (SSSR count). The molecule has 0 aliphatic heterocycles. The third-order valence-corrected chi connectivity index (χ3v) is 8.07. The molecule has 0 saturated heterocycles. The predicted octanol–water partition coefficient (Wildman–Crippen LogP) is 8.55. The van der Waals surface area contributed by atoms with E-state index in [0.29, 0.717) is 32.3 Å². The van der Waals surface area contributed by atoms with E-state index in [-0.39, 0.29) is 26.2 Å². The fourth-order valence-electron chi connectivity index (χ4n) is 4.13. The van der Waals surface area contributed by atoms with Crippen LogP contribution in [-0.4, -0.2) is 54.5 Å². The van der Waals surface area contributed by atoms with Crippen molar-refractivity contribution in [1.82, 2.24) is 0 Å². The van der Waals surface area contributed by atoms with E-state index in [1.54, 1.807) is 121 Å². The number of hydrogen-bond acceptors (Lipinski definition) is 9. The third-order valence-electron chi connectivity index (χ3n) is 7.31. The first-order chi connectivity index (χ1) is 22.4. The van der Waals surface area contributed by atoms with E-state index in [0.717, 1.165) is 0 Å². The maximum atomic E-state index is 13.3. The summed E-state index contributed by atoms with van der Waals surface area (Å²) in [5.74, 6) is -0.826. The number of esters is 3. The van der Waals surface area contributed by atoms with Crippen LogP contribution in [0.2, 0.25) is 15.1 Å². The van der Waals surface area contributed by atoms with E-state index in [2.05, 4.69) is 0 Å². The van der Waals surface area contributed by atoms with Crippen LogP contribution in [0.5, 0.6) is 17.2 Å². The van der Waals surface area contributed by atoms with Crippen LogP contribution < -0.4 is 14.2 Å². The molecule has 0 aliphatic carbocycles. The molecular weight excluding hydrogens is 683 g/mol. The first-order valence-corrected chi connectivity index (χ1v) is 16.4. The van der Waals surface area contributed by atoms with Crippen molar-refractivity contribution in [3.63, 3.8) is 0 Å². The van der Waals surface area contributed by atoms with Crippen molar-refractivity contribution >= 4 is 52.7 Å². The first kappa shape index (κ1) is 38.8. The number of halogens is 3. The van der Waals surface area contributed by atoms with Crippen molar-refractivity contribution in [3.05, 3.63) is 87.9 Å². The fourth-order valence-corrected chi connectivity index (χ4v) is 4.50. The SMILES string of the molecule is CCC(COC(=O)C(C)(C)Oc1ccc(Cl)cc1)(COC(=O)C(C)(C)Oc1ccc(Cl)cc1)COC(=O)C(C)(C)Oc1ccc(Cl)cc1. The summed E-state index contributed by atoms with van der Waals surface area (Å²) < 4.78 is 34.9. The average molecular weight is 724 g/mol. The minimum Gasteiger partial charge on any atom is -0.476 e. The lowest BCUT2D eigenvalue weighted by Crippen LogP contribution is -2.47. The van der Waals surface area contributed by atoms with Gasteiger partial charge in [0, 0.05) is 15.1 Å². The highest BCUT2D eigenvalue weighted by Crippen LogP contribution is 2.30. The van der Waals surface area contributed by atoms with Gasteiger partial charge in [0.2, 0.25) is 0 Å². The van der Waals surface area contributed by atoms with Crippen LogP contribution in [0, 0.1) is 5.41 Å². The number of carbonyl (C=O) groups excluding carboxylic acids is 3. The van der Waals surface area contributed by atoms with Crippen LogP contribution in [0.4, 0.5) is 0 Å². The highest BCUT2D eigenvalue weighted by atomic mass is 35.5. The summed E-state index contributed by atoms with van der Waals surface area (Å²) in [5, 5.41) is 1.55. The lowest BCUT2D eigenvalue weighted by molar-refractivity contribution is -0.178. The van der Waals surface area contributed by atoms with Gasteiger partial charge in [-0.3, -0.25) is 0 Å². The minimum absolute atomic E-state index is 0.271. The molecule has 0 heterocycles. The van der Waals surface area contributed by atoms with Crippen LogP contribution in [-0.2, 0) is 28.6 Å². The standard InChI is InChI=1S/C36H41Cl3O9/c1-8-36(21-43-30(40)33(2,3)46-27-15-9-24(37)10-16-27,22-44-31(41)34(4,5)47-28-17-11-25(38)12-18-28)23-45-32(42)35(6,7)48-29-19-13-26(39)14-20-29/h9-20H,8,21-23H2,1-7H3. The van der Waals surface area contributed by atoms with Gasteiger partial charge in [0.1, 0.15) is 37.1 Å². The quantitative estimate of drug-likeness (QED) is 0.106. The summed E-state index contributed by atoms with van der Waals surface area (Å²) in [6.45, 7) is 10.4. The molecule has 0 radical (unpaired) electrons. The van der Waals surface area contributed by atoms with Crippen LogP contribution in [0.1, 0.15) is 54.9 Å². The van der Waals surface area contributed by atoms with Crippen LogP contribution in [0.3, 0.4) is 0 Å². The average Bonchev–Trinajstić information content (AvgIpc) is 3.03. The molecule has 12 heteroatoms. The molecule has 0 N–H and O–H groups in total. The van der Waals surface area contributed by atoms with Gasteiger partial charge in [0.15, 0.2) is 16.8 Å². The van der Waals surface area contributed by atoms with Crippen molar-refractivity contribution in [1.29, 1.82) is 0 Å². The van der Waals surface area contributed by atoms with Crippen molar-refractivity contribution in [2.45, 2.75) is 71.7 Å². The Morgan fingerprint density at radius 3 is 0.917 bits per heavy atom. The van der Waals surface area contributed by atoms with Crippen LogP contribution in [0.15, 0.2) is 72.8 Å². The van der Waals surface area contributed by atoms with Crippen LogP contribution in [0.25, 0.3) is 0 Å². The highest BCUT2D eigenvalue weighted by molar-refractivity contribution is 6.31. The second-order valence-corrected chi connectivity index (χ2v) is 14.1. The van der Waals surface area contributed by atoms with E-state index in [9.17, 15) is 14.4 Å². The Morgan fingerprint density at radius 1 is 0.479 bits per heavy atom. The lowest BCUT2D eigenvalue weighted by atomic mass is 9.87. The van der Waals surface area contributed by atoms with Gasteiger partial charge in [-0.1, -0.05) is 41.7 Å². The molecule has 0 atom stereocenters. The largest absolute Gasteiger partial charge is 0.476 e. The lowest BCUT2D eigenvalue weighted by Gasteiger charge is -2.35. The Balaban J connectivity index is 1.77. The summed E-state index contributed by atoms with van der Waals surface area (Å²) in [6.07, 6.45) is 0.288. The molecule has 9 nitrogen and oxygen atoms in total. The van der Waals surface area contributed by atoms with Gasteiger partial charge in [-0.15, -0.1) is 0 Å². The molecule has 48 heavy (non-hydrogen) atoms. The minimum atomic E-state index is -1.40. The molecule has 3 aromatic carbocycles. The molecule has 3 aromatic rings. The molecule has 0 aliphatic rings. The zero-order valence-electron chi connectivity index (χ0n) is 28.1. The molecule has 0 unspecified atom stereocenters. The zero-order chi connectivity index (χ0) is 35.8. The van der Waals surface area contributed by atoms with Gasteiger partial charge >= 0.3 is 17.9 Å². The van der Waals surface area contributed by atoms with Gasteiger partial charge < -0.3 is 28.4 Å². The molecule has 0 amide bonds. The van der Waals surface area contributed by atoms with E-state index >= 15 is 0 Å². The Morgan fingerprint density at radius 2 is 0.708 bits per heavy atom. The summed E-state index contributed by atoms with van der Waals surface area (Å²) in [6, 6.07) is 19.6. The zero-order valence-corrected chi connectivity index (χ0v) is 30.3. The second kappa shape index (κ2) is 16.2. The number of hydrogen-bond donors (Lipinski definition) is 0. The van der Waals surface area contributed by atoms with E-state index in [1.165, 1.54) is 0 Å². The summed E-state index contributed by atoms with van der Waals surface area (Å²) in [5.41, 5.74) is -5.35. The normalized spacial score (nSPS) is 12.1.